The molecule has 0 unspecified atom stereocenters. The molecule has 0 aromatic carbocycles. The van der Waals surface area contributed by atoms with Crippen molar-refractivity contribution in [1.82, 2.24) is 5.32 Å². The van der Waals surface area contributed by atoms with Gasteiger partial charge in [-0.05, 0) is 6.42 Å². The zero-order valence-corrected chi connectivity index (χ0v) is 20.4. The van der Waals surface area contributed by atoms with Crippen LogP contribution in [0.4, 0.5) is 92.2 Å². The quantitative estimate of drug-likeness (QED) is 0.134. The van der Waals surface area contributed by atoms with Gasteiger partial charge >= 0.3 is 59.5 Å². The van der Waals surface area contributed by atoms with E-state index in [0.717, 1.165) is 0 Å². The Morgan fingerprint density at radius 2 is 0.860 bits per heavy atom. The summed E-state index contributed by atoms with van der Waals surface area (Å²) in [5.74, 6) is -80.4. The second kappa shape index (κ2) is 12.4. The Bertz CT molecular complexity index is 946. The summed E-state index contributed by atoms with van der Waals surface area (Å²) in [5, 5.41) is 1.25. The fraction of sp³-hybridized carbons (Fsp3) is 0.944. The highest BCUT2D eigenvalue weighted by Gasteiger charge is 2.97. The molecule has 0 radical (unpaired) electrons. The van der Waals surface area contributed by atoms with Gasteiger partial charge in [-0.2, -0.15) is 92.2 Å². The van der Waals surface area contributed by atoms with Crippen LogP contribution in [0.1, 0.15) is 12.8 Å². The summed E-state index contributed by atoms with van der Waals surface area (Å²) in [4.78, 5) is 11.3. The Kier molecular flexibility index (Phi) is 11.8. The lowest BCUT2D eigenvalue weighted by atomic mass is 9.86. The van der Waals surface area contributed by atoms with Gasteiger partial charge in [-0.25, -0.2) is 0 Å². The van der Waals surface area contributed by atoms with Crippen LogP contribution in [0.2, 0.25) is 0 Å². The SMILES string of the molecule is COCCCOCCNC(=O)CC(F)(F)C(F)(F)C(F)(F)C(F)(F)C(F)(F)C(F)(F)C(F)(F)C(F)(F)C(F)(F)C(F)(F)F. The van der Waals surface area contributed by atoms with Crippen LogP contribution in [0.5, 0.6) is 0 Å². The van der Waals surface area contributed by atoms with Gasteiger partial charge in [-0.3, -0.25) is 4.79 Å². The van der Waals surface area contributed by atoms with Crippen LogP contribution in [0.15, 0.2) is 0 Å². The third-order valence-corrected chi connectivity index (χ3v) is 5.16. The summed E-state index contributed by atoms with van der Waals surface area (Å²) >= 11 is 0. The minimum absolute atomic E-state index is 0.123. The van der Waals surface area contributed by atoms with Crippen molar-refractivity contribution >= 4 is 5.91 Å². The molecule has 1 N–H and O–H groups in total. The van der Waals surface area contributed by atoms with Crippen molar-refractivity contribution in [3.8, 4) is 0 Å². The fourth-order valence-electron chi connectivity index (χ4n) is 2.64. The Balaban J connectivity index is 6.36. The van der Waals surface area contributed by atoms with E-state index in [4.69, 9.17) is 4.74 Å². The molecule has 0 heterocycles. The molecule has 0 rings (SSSR count). The Morgan fingerprint density at radius 1 is 0.512 bits per heavy atom. The maximum absolute atomic E-state index is 13.8. The molecule has 0 aliphatic carbocycles. The lowest BCUT2D eigenvalue weighted by molar-refractivity contribution is -0.474. The minimum atomic E-state index is -9.24. The van der Waals surface area contributed by atoms with Gasteiger partial charge < -0.3 is 14.8 Å². The molecule has 0 bridgehead atoms. The molecule has 0 aromatic rings. The number of nitrogens with one attached hydrogen (secondary N) is 1. The van der Waals surface area contributed by atoms with Crippen LogP contribution in [0, 0.1) is 0 Å². The van der Waals surface area contributed by atoms with Crippen molar-refractivity contribution < 1.29 is 106 Å². The van der Waals surface area contributed by atoms with Crippen molar-refractivity contribution in [3.63, 3.8) is 0 Å². The number of rotatable bonds is 17. The van der Waals surface area contributed by atoms with Crippen LogP contribution in [-0.4, -0.2) is 98.9 Å². The average Bonchev–Trinajstić information content (AvgIpc) is 2.81. The number of methoxy groups -OCH3 is 1. The molecule has 0 saturated carbocycles. The Labute approximate surface area is 224 Å². The van der Waals surface area contributed by atoms with Crippen molar-refractivity contribution in [3.05, 3.63) is 0 Å². The summed E-state index contributed by atoms with van der Waals surface area (Å²) in [6.45, 7) is -1.51. The lowest BCUT2D eigenvalue weighted by Gasteiger charge is -2.44. The maximum Gasteiger partial charge on any atom is 0.460 e. The molecule has 0 fully saturated rings. The number of amides is 1. The zero-order chi connectivity index (χ0) is 34.9. The molecule has 0 atom stereocenters. The number of hydrogen-bond donors (Lipinski definition) is 1. The summed E-state index contributed by atoms with van der Waals surface area (Å²) in [7, 11) is 1.26. The van der Waals surface area contributed by atoms with E-state index in [1.54, 1.807) is 0 Å². The molecule has 0 aliphatic rings. The van der Waals surface area contributed by atoms with Gasteiger partial charge in [0.2, 0.25) is 5.91 Å². The number of hydrogen-bond acceptors (Lipinski definition) is 3. The minimum Gasteiger partial charge on any atom is -0.385 e. The summed E-state index contributed by atoms with van der Waals surface area (Å²) in [6.07, 6.45) is -11.2. The van der Waals surface area contributed by atoms with E-state index >= 15 is 0 Å². The van der Waals surface area contributed by atoms with Gasteiger partial charge in [0.05, 0.1) is 13.0 Å². The van der Waals surface area contributed by atoms with Gasteiger partial charge in [-0.1, -0.05) is 0 Å². The van der Waals surface area contributed by atoms with Gasteiger partial charge in [-0.15, -0.1) is 0 Å². The normalized spacial score (nSPS) is 15.6. The molecule has 25 heteroatoms. The van der Waals surface area contributed by atoms with Gasteiger partial charge in [0.1, 0.15) is 0 Å². The monoisotopic (exact) mass is 693 g/mol. The van der Waals surface area contributed by atoms with E-state index in [-0.39, 0.29) is 19.6 Å². The maximum atomic E-state index is 13.8. The van der Waals surface area contributed by atoms with Crippen molar-refractivity contribution in [2.45, 2.75) is 72.3 Å². The Hall–Kier alpha value is -2.08. The van der Waals surface area contributed by atoms with Crippen LogP contribution in [-0.2, 0) is 14.3 Å². The smallest absolute Gasteiger partial charge is 0.385 e. The fourth-order valence-corrected chi connectivity index (χ4v) is 2.64. The van der Waals surface area contributed by atoms with Gasteiger partial charge in [0.25, 0.3) is 0 Å². The average molecular weight is 693 g/mol. The predicted octanol–water partition coefficient (Wildman–Crippen LogP) is 6.83. The summed E-state index contributed by atoms with van der Waals surface area (Å²) in [6, 6.07) is 0. The van der Waals surface area contributed by atoms with Gasteiger partial charge in [0.15, 0.2) is 0 Å². The van der Waals surface area contributed by atoms with E-state index in [1.165, 1.54) is 12.4 Å². The molecule has 0 saturated heterocycles. The number of halogens is 21. The zero-order valence-electron chi connectivity index (χ0n) is 20.4. The summed E-state index contributed by atoms with van der Waals surface area (Å²) in [5.41, 5.74) is 0. The first-order valence-electron chi connectivity index (χ1n) is 10.5. The molecule has 4 nitrogen and oxygen atoms in total. The highest BCUT2D eigenvalue weighted by molar-refractivity contribution is 5.77. The van der Waals surface area contributed by atoms with E-state index in [9.17, 15) is 97.0 Å². The molecule has 43 heavy (non-hydrogen) atoms. The lowest BCUT2D eigenvalue weighted by Crippen LogP contribution is -2.76. The van der Waals surface area contributed by atoms with Crippen molar-refractivity contribution in [2.24, 2.45) is 0 Å². The molecule has 258 valence electrons. The molecule has 0 aromatic heterocycles. The van der Waals surface area contributed by atoms with E-state index in [0.29, 0.717) is 0 Å². The third kappa shape index (κ3) is 6.65. The molecule has 0 spiro atoms. The van der Waals surface area contributed by atoms with E-state index in [2.05, 4.69) is 4.74 Å². The van der Waals surface area contributed by atoms with E-state index < -0.39 is 85.0 Å². The number of carbonyl (C=O) groups excluding carboxylic acids is 1. The molecule has 1 amide bonds. The van der Waals surface area contributed by atoms with E-state index in [1.807, 2.05) is 0 Å². The first kappa shape index (κ1) is 40.9. The molecular weight excluding hydrogens is 677 g/mol. The first-order valence-corrected chi connectivity index (χ1v) is 10.5. The van der Waals surface area contributed by atoms with Crippen LogP contribution in [0.25, 0.3) is 0 Å². The second-order valence-electron chi connectivity index (χ2n) is 8.28. The topological polar surface area (TPSA) is 47.6 Å². The third-order valence-electron chi connectivity index (χ3n) is 5.16. The van der Waals surface area contributed by atoms with Gasteiger partial charge in [0, 0.05) is 26.9 Å². The number of ether oxygens (including phenoxy) is 2. The highest BCUT2D eigenvalue weighted by atomic mass is 19.4. The molecule has 0 aliphatic heterocycles. The Morgan fingerprint density at radius 3 is 1.21 bits per heavy atom. The van der Waals surface area contributed by atoms with Crippen LogP contribution in [0.3, 0.4) is 0 Å². The number of alkyl halides is 21. The van der Waals surface area contributed by atoms with Crippen molar-refractivity contribution in [2.75, 3.05) is 33.5 Å². The largest absolute Gasteiger partial charge is 0.460 e. The highest BCUT2D eigenvalue weighted by Crippen LogP contribution is 2.66. The number of carbonyl (C=O) groups is 1. The predicted molar refractivity (Wildman–Crippen MR) is 95.5 cm³/mol. The van der Waals surface area contributed by atoms with Crippen LogP contribution < -0.4 is 5.32 Å². The van der Waals surface area contributed by atoms with Crippen LogP contribution >= 0.6 is 0 Å². The van der Waals surface area contributed by atoms with Crippen molar-refractivity contribution in [1.29, 1.82) is 0 Å². The first-order chi connectivity index (χ1) is 18.7. The standard InChI is InChI=1S/C18H16F21NO3/c1-42-4-2-5-43-6-3-40-8(41)7-9(19,20)10(21,22)11(23,24)12(25,26)13(27,28)14(29,30)15(31,32)16(33,34)17(35,36)18(37,38)39/h2-7H2,1H3,(H,40,41). The second-order valence-corrected chi connectivity index (χ2v) is 8.28. The summed E-state index contributed by atoms with van der Waals surface area (Å²) < 4.78 is 289. The molecular formula is C18H16F21NO3.